The van der Waals surface area contributed by atoms with Crippen molar-refractivity contribution in [2.75, 3.05) is 0 Å². The van der Waals surface area contributed by atoms with Gasteiger partial charge in [-0.3, -0.25) is 14.2 Å². The lowest BCUT2D eigenvalue weighted by atomic mass is 9.88. The van der Waals surface area contributed by atoms with E-state index in [2.05, 4.69) is 28.5 Å². The number of carbonyl (C=O) groups is 1. The highest BCUT2D eigenvalue weighted by Gasteiger charge is 2.20. The molecule has 126 valence electrons. The van der Waals surface area contributed by atoms with Crippen LogP contribution in [0.4, 0.5) is 0 Å². The van der Waals surface area contributed by atoms with E-state index < -0.39 is 0 Å². The molecule has 1 aromatic heterocycles. The smallest absolute Gasteiger partial charge is 0.261 e. The standard InChI is InChI=1S/C20H19N3O2/c24-19(22-16-10-9-14-5-1-2-6-15(14)11-16)12-23-13-21-18-8-4-3-7-17(18)20(23)25/h1-8,13,16H,9-12H2,(H,22,24)/t16-/m1/s1. The summed E-state index contributed by atoms with van der Waals surface area (Å²) in [6.45, 7) is -0.00514. The van der Waals surface area contributed by atoms with E-state index in [1.54, 1.807) is 18.2 Å². The number of carbonyl (C=O) groups excluding carboxylic acids is 1. The minimum absolute atomic E-state index is 0.00514. The van der Waals surface area contributed by atoms with Crippen LogP contribution in [0.15, 0.2) is 59.7 Å². The minimum Gasteiger partial charge on any atom is -0.351 e. The number of amides is 1. The number of hydrogen-bond acceptors (Lipinski definition) is 3. The van der Waals surface area contributed by atoms with Gasteiger partial charge in [0.25, 0.3) is 5.56 Å². The molecule has 1 heterocycles. The highest BCUT2D eigenvalue weighted by atomic mass is 16.2. The van der Waals surface area contributed by atoms with Gasteiger partial charge < -0.3 is 5.32 Å². The molecule has 0 fully saturated rings. The molecule has 0 unspecified atom stereocenters. The van der Waals surface area contributed by atoms with Crippen molar-refractivity contribution in [3.8, 4) is 0 Å². The Hall–Kier alpha value is -2.95. The summed E-state index contributed by atoms with van der Waals surface area (Å²) in [6, 6.07) is 15.6. The van der Waals surface area contributed by atoms with E-state index in [0.29, 0.717) is 10.9 Å². The van der Waals surface area contributed by atoms with Crippen LogP contribution in [0.3, 0.4) is 0 Å². The maximum atomic E-state index is 12.5. The van der Waals surface area contributed by atoms with E-state index in [1.165, 1.54) is 22.0 Å². The fraction of sp³-hybridized carbons (Fsp3) is 0.250. The van der Waals surface area contributed by atoms with Crippen molar-refractivity contribution in [3.05, 3.63) is 76.3 Å². The maximum absolute atomic E-state index is 12.5. The number of benzene rings is 2. The molecule has 1 atom stereocenters. The molecule has 3 aromatic rings. The largest absolute Gasteiger partial charge is 0.351 e. The summed E-state index contributed by atoms with van der Waals surface area (Å²) in [4.78, 5) is 29.1. The zero-order valence-corrected chi connectivity index (χ0v) is 13.8. The number of aryl methyl sites for hydroxylation is 1. The van der Waals surface area contributed by atoms with Crippen molar-refractivity contribution in [2.45, 2.75) is 31.8 Å². The minimum atomic E-state index is -0.185. The number of nitrogens with zero attached hydrogens (tertiary/aromatic N) is 2. The quantitative estimate of drug-likeness (QED) is 0.798. The Balaban J connectivity index is 1.46. The van der Waals surface area contributed by atoms with Gasteiger partial charge in [-0.2, -0.15) is 0 Å². The lowest BCUT2D eigenvalue weighted by Gasteiger charge is -2.25. The van der Waals surface area contributed by atoms with Crippen LogP contribution >= 0.6 is 0 Å². The van der Waals surface area contributed by atoms with Gasteiger partial charge in [0, 0.05) is 6.04 Å². The fourth-order valence-corrected chi connectivity index (χ4v) is 3.47. The van der Waals surface area contributed by atoms with Crippen molar-refractivity contribution >= 4 is 16.8 Å². The average molecular weight is 333 g/mol. The lowest BCUT2D eigenvalue weighted by molar-refractivity contribution is -0.122. The summed E-state index contributed by atoms with van der Waals surface area (Å²) in [5, 5.41) is 3.59. The van der Waals surface area contributed by atoms with Crippen LogP contribution in [-0.2, 0) is 24.2 Å². The Morgan fingerprint density at radius 2 is 1.88 bits per heavy atom. The second-order valence-corrected chi connectivity index (χ2v) is 6.47. The van der Waals surface area contributed by atoms with Gasteiger partial charge in [0.1, 0.15) is 6.54 Å². The van der Waals surface area contributed by atoms with Crippen LogP contribution in [0.25, 0.3) is 10.9 Å². The zero-order chi connectivity index (χ0) is 17.2. The molecule has 2 aromatic carbocycles. The molecule has 0 saturated carbocycles. The first-order chi connectivity index (χ1) is 12.2. The van der Waals surface area contributed by atoms with E-state index in [-0.39, 0.29) is 24.1 Å². The fourth-order valence-electron chi connectivity index (χ4n) is 3.47. The second kappa shape index (κ2) is 6.51. The highest BCUT2D eigenvalue weighted by Crippen LogP contribution is 2.20. The van der Waals surface area contributed by atoms with Crippen LogP contribution in [0.1, 0.15) is 17.5 Å². The first kappa shape index (κ1) is 15.6. The van der Waals surface area contributed by atoms with Gasteiger partial charge in [-0.25, -0.2) is 4.98 Å². The van der Waals surface area contributed by atoms with Gasteiger partial charge in [0.2, 0.25) is 5.91 Å². The van der Waals surface area contributed by atoms with Crippen LogP contribution in [0, 0.1) is 0 Å². The van der Waals surface area contributed by atoms with Crippen molar-refractivity contribution in [1.29, 1.82) is 0 Å². The number of fused-ring (bicyclic) bond motifs is 2. The molecule has 0 spiro atoms. The molecule has 25 heavy (non-hydrogen) atoms. The Morgan fingerprint density at radius 1 is 1.12 bits per heavy atom. The third-order valence-corrected chi connectivity index (χ3v) is 4.76. The summed E-state index contributed by atoms with van der Waals surface area (Å²) >= 11 is 0. The number of nitrogens with one attached hydrogen (secondary N) is 1. The predicted molar refractivity (Wildman–Crippen MR) is 96.4 cm³/mol. The van der Waals surface area contributed by atoms with Crippen LogP contribution in [-0.4, -0.2) is 21.5 Å². The van der Waals surface area contributed by atoms with Crippen molar-refractivity contribution in [1.82, 2.24) is 14.9 Å². The summed E-state index contributed by atoms with van der Waals surface area (Å²) in [6.07, 6.45) is 4.18. The third kappa shape index (κ3) is 3.18. The van der Waals surface area contributed by atoms with E-state index >= 15 is 0 Å². The summed E-state index contributed by atoms with van der Waals surface area (Å²) in [5.41, 5.74) is 3.12. The van der Waals surface area contributed by atoms with E-state index in [0.717, 1.165) is 19.3 Å². The second-order valence-electron chi connectivity index (χ2n) is 6.47. The molecule has 5 nitrogen and oxygen atoms in total. The highest BCUT2D eigenvalue weighted by molar-refractivity contribution is 5.79. The summed E-state index contributed by atoms with van der Waals surface area (Å²) < 4.78 is 1.37. The molecule has 5 heteroatoms. The molecule has 0 saturated heterocycles. The molecule has 0 bridgehead atoms. The first-order valence-corrected chi connectivity index (χ1v) is 8.51. The zero-order valence-electron chi connectivity index (χ0n) is 13.8. The molecule has 1 amide bonds. The molecular weight excluding hydrogens is 314 g/mol. The predicted octanol–water partition coefficient (Wildman–Crippen LogP) is 2.07. The topological polar surface area (TPSA) is 64.0 Å². The van der Waals surface area contributed by atoms with Crippen molar-refractivity contribution in [2.24, 2.45) is 0 Å². The number of para-hydroxylation sites is 1. The Morgan fingerprint density at radius 3 is 2.76 bits per heavy atom. The van der Waals surface area contributed by atoms with Gasteiger partial charge in [0.15, 0.2) is 0 Å². The molecule has 1 aliphatic rings. The summed E-state index contributed by atoms with van der Waals surface area (Å²) in [5.74, 6) is -0.149. The van der Waals surface area contributed by atoms with Crippen LogP contribution in [0.5, 0.6) is 0 Å². The van der Waals surface area contributed by atoms with E-state index in [4.69, 9.17) is 0 Å². The molecule has 1 N–H and O–H groups in total. The molecule has 0 aliphatic heterocycles. The van der Waals surface area contributed by atoms with Crippen LogP contribution < -0.4 is 10.9 Å². The monoisotopic (exact) mass is 333 g/mol. The van der Waals surface area contributed by atoms with Crippen molar-refractivity contribution < 1.29 is 4.79 Å². The average Bonchev–Trinajstić information content (AvgIpc) is 2.64. The Bertz CT molecular complexity index is 993. The molecule has 1 aliphatic carbocycles. The van der Waals surface area contributed by atoms with E-state index in [9.17, 15) is 9.59 Å². The first-order valence-electron chi connectivity index (χ1n) is 8.51. The lowest BCUT2D eigenvalue weighted by Crippen LogP contribution is -2.41. The normalized spacial score (nSPS) is 16.4. The van der Waals surface area contributed by atoms with Gasteiger partial charge in [-0.15, -0.1) is 0 Å². The van der Waals surface area contributed by atoms with Gasteiger partial charge in [0.05, 0.1) is 17.2 Å². The van der Waals surface area contributed by atoms with Crippen LogP contribution in [0.2, 0.25) is 0 Å². The number of aromatic nitrogens is 2. The van der Waals surface area contributed by atoms with Gasteiger partial charge in [-0.05, 0) is 42.5 Å². The summed E-state index contributed by atoms with van der Waals surface area (Å²) in [7, 11) is 0. The Kier molecular flexibility index (Phi) is 4.06. The van der Waals surface area contributed by atoms with E-state index in [1.807, 2.05) is 12.1 Å². The number of hydrogen-bond donors (Lipinski definition) is 1. The molecule has 0 radical (unpaired) electrons. The van der Waals surface area contributed by atoms with Crippen molar-refractivity contribution in [3.63, 3.8) is 0 Å². The Labute approximate surface area is 145 Å². The maximum Gasteiger partial charge on any atom is 0.261 e. The molecule has 4 rings (SSSR count). The van der Waals surface area contributed by atoms with Gasteiger partial charge in [-0.1, -0.05) is 36.4 Å². The molecular formula is C20H19N3O2. The van der Waals surface area contributed by atoms with Gasteiger partial charge >= 0.3 is 0 Å². The SMILES string of the molecule is O=C(Cn1cnc2ccccc2c1=O)N[C@@H]1CCc2ccccc2C1. The third-order valence-electron chi connectivity index (χ3n) is 4.76. The number of rotatable bonds is 3.